The van der Waals surface area contributed by atoms with Crippen LogP contribution in [-0.2, 0) is 4.79 Å². The molecule has 0 aromatic carbocycles. The minimum atomic E-state index is 0. The highest BCUT2D eigenvalue weighted by atomic mass is 35.5. The number of hydrogen-bond acceptors (Lipinski definition) is 2. The van der Waals surface area contributed by atoms with Crippen LogP contribution in [0, 0.1) is 17.8 Å². The lowest BCUT2D eigenvalue weighted by atomic mass is 10.0. The molecule has 2 saturated carbocycles. The summed E-state index contributed by atoms with van der Waals surface area (Å²) in [5.74, 6) is 2.28. The van der Waals surface area contributed by atoms with Crippen LogP contribution in [-0.4, -0.2) is 29.9 Å². The van der Waals surface area contributed by atoms with Crippen molar-refractivity contribution in [1.82, 2.24) is 4.90 Å². The number of nitrogens with zero attached hydrogens (tertiary/aromatic N) is 1. The van der Waals surface area contributed by atoms with Crippen molar-refractivity contribution in [2.24, 2.45) is 23.5 Å². The van der Waals surface area contributed by atoms with Crippen molar-refractivity contribution in [3.05, 3.63) is 0 Å². The first-order valence-corrected chi connectivity index (χ1v) is 6.82. The van der Waals surface area contributed by atoms with Gasteiger partial charge in [0.15, 0.2) is 0 Å². The van der Waals surface area contributed by atoms with Gasteiger partial charge in [-0.05, 0) is 37.5 Å². The quantitative estimate of drug-likeness (QED) is 0.780. The van der Waals surface area contributed by atoms with Crippen LogP contribution in [0.25, 0.3) is 0 Å². The second-order valence-electron chi connectivity index (χ2n) is 5.82. The van der Waals surface area contributed by atoms with Gasteiger partial charge in [-0.1, -0.05) is 12.8 Å². The number of piperidine rings is 1. The second kappa shape index (κ2) is 5.15. The van der Waals surface area contributed by atoms with E-state index >= 15 is 0 Å². The molecule has 4 heteroatoms. The molecule has 0 radical (unpaired) electrons. The van der Waals surface area contributed by atoms with Crippen LogP contribution in [0.4, 0.5) is 0 Å². The SMILES string of the molecule is Cl.N[C@@H]1CCCN(C(=O)C2C3CCCCC32)C1. The zero-order valence-corrected chi connectivity index (χ0v) is 11.1. The van der Waals surface area contributed by atoms with Crippen molar-refractivity contribution in [2.45, 2.75) is 44.6 Å². The van der Waals surface area contributed by atoms with E-state index in [1.165, 1.54) is 25.7 Å². The first kappa shape index (κ1) is 13.2. The van der Waals surface area contributed by atoms with Gasteiger partial charge >= 0.3 is 0 Å². The highest BCUT2D eigenvalue weighted by Gasteiger charge is 2.55. The average molecular weight is 259 g/mol. The third-order valence-corrected chi connectivity index (χ3v) is 4.71. The summed E-state index contributed by atoms with van der Waals surface area (Å²) in [5.41, 5.74) is 5.94. The number of fused-ring (bicyclic) bond motifs is 1. The molecule has 0 spiro atoms. The van der Waals surface area contributed by atoms with Crippen molar-refractivity contribution in [3.63, 3.8) is 0 Å². The number of rotatable bonds is 1. The van der Waals surface area contributed by atoms with Crippen LogP contribution in [0.5, 0.6) is 0 Å². The van der Waals surface area contributed by atoms with Gasteiger partial charge in [0.1, 0.15) is 0 Å². The van der Waals surface area contributed by atoms with Gasteiger partial charge < -0.3 is 10.6 Å². The average Bonchev–Trinajstić information content (AvgIpc) is 3.02. The van der Waals surface area contributed by atoms with Crippen LogP contribution in [0.1, 0.15) is 38.5 Å². The van der Waals surface area contributed by atoms with Gasteiger partial charge in [-0.15, -0.1) is 12.4 Å². The molecule has 3 rings (SSSR count). The monoisotopic (exact) mass is 258 g/mol. The van der Waals surface area contributed by atoms with Gasteiger partial charge in [0.25, 0.3) is 0 Å². The molecule has 0 aromatic rings. The predicted molar refractivity (Wildman–Crippen MR) is 70.0 cm³/mol. The summed E-state index contributed by atoms with van der Waals surface area (Å²) in [7, 11) is 0. The number of carbonyl (C=O) groups is 1. The maximum atomic E-state index is 12.3. The second-order valence-corrected chi connectivity index (χ2v) is 5.82. The van der Waals surface area contributed by atoms with Gasteiger partial charge in [0.2, 0.25) is 5.91 Å². The van der Waals surface area contributed by atoms with E-state index in [9.17, 15) is 4.79 Å². The van der Waals surface area contributed by atoms with Crippen LogP contribution in [0.15, 0.2) is 0 Å². The minimum absolute atomic E-state index is 0. The number of hydrogen-bond donors (Lipinski definition) is 1. The molecule has 1 amide bonds. The molecule has 0 bridgehead atoms. The summed E-state index contributed by atoms with van der Waals surface area (Å²) in [6.07, 6.45) is 7.44. The lowest BCUT2D eigenvalue weighted by Gasteiger charge is -2.31. The predicted octanol–water partition coefficient (Wildman–Crippen LogP) is 1.79. The Morgan fingerprint density at radius 2 is 1.71 bits per heavy atom. The Kier molecular flexibility index (Phi) is 3.99. The lowest BCUT2D eigenvalue weighted by molar-refractivity contribution is -0.134. The fourth-order valence-corrected chi connectivity index (χ4v) is 3.78. The third kappa shape index (κ3) is 2.45. The number of nitrogens with two attached hydrogens (primary N) is 1. The number of halogens is 1. The van der Waals surface area contributed by atoms with E-state index in [4.69, 9.17) is 5.73 Å². The fourth-order valence-electron chi connectivity index (χ4n) is 3.78. The minimum Gasteiger partial charge on any atom is -0.341 e. The molecule has 1 saturated heterocycles. The summed E-state index contributed by atoms with van der Waals surface area (Å²) in [6, 6.07) is 0.221. The van der Waals surface area contributed by atoms with E-state index in [-0.39, 0.29) is 18.4 Å². The normalized spacial score (nSPS) is 40.2. The lowest BCUT2D eigenvalue weighted by Crippen LogP contribution is -2.46. The molecule has 0 aromatic heterocycles. The van der Waals surface area contributed by atoms with Gasteiger partial charge in [-0.2, -0.15) is 0 Å². The summed E-state index contributed by atoms with van der Waals surface area (Å²) < 4.78 is 0. The summed E-state index contributed by atoms with van der Waals surface area (Å²) in [5, 5.41) is 0. The van der Waals surface area contributed by atoms with Crippen LogP contribution < -0.4 is 5.73 Å². The standard InChI is InChI=1S/C13H22N2O.ClH/c14-9-4-3-7-15(8-9)13(16)12-10-5-1-2-6-11(10)12;/h9-12H,1-8,14H2;1H/t9-,10?,11?,12?;/m1./s1. The topological polar surface area (TPSA) is 46.3 Å². The molecule has 3 nitrogen and oxygen atoms in total. The molecule has 98 valence electrons. The molecule has 3 atom stereocenters. The van der Waals surface area contributed by atoms with Gasteiger partial charge in [-0.25, -0.2) is 0 Å². The van der Waals surface area contributed by atoms with Crippen molar-refractivity contribution in [2.75, 3.05) is 13.1 Å². The van der Waals surface area contributed by atoms with Gasteiger partial charge in [0, 0.05) is 25.0 Å². The first-order valence-electron chi connectivity index (χ1n) is 6.82. The van der Waals surface area contributed by atoms with E-state index in [2.05, 4.69) is 0 Å². The zero-order valence-electron chi connectivity index (χ0n) is 10.3. The summed E-state index contributed by atoms with van der Waals surface area (Å²) in [4.78, 5) is 14.4. The van der Waals surface area contributed by atoms with E-state index in [0.29, 0.717) is 11.8 Å². The Hall–Kier alpha value is -0.280. The van der Waals surface area contributed by atoms with Crippen LogP contribution in [0.2, 0.25) is 0 Å². The number of likely N-dealkylation sites (tertiary alicyclic amines) is 1. The molecule has 3 aliphatic rings. The van der Waals surface area contributed by atoms with Crippen LogP contribution in [0.3, 0.4) is 0 Å². The van der Waals surface area contributed by atoms with E-state index in [1.54, 1.807) is 0 Å². The Balaban J connectivity index is 0.00000108. The Bertz CT molecular complexity index is 281. The van der Waals surface area contributed by atoms with E-state index in [0.717, 1.165) is 37.8 Å². The van der Waals surface area contributed by atoms with Crippen molar-refractivity contribution in [3.8, 4) is 0 Å². The molecular weight excluding hydrogens is 236 g/mol. The highest BCUT2D eigenvalue weighted by Crippen LogP contribution is 2.56. The smallest absolute Gasteiger partial charge is 0.226 e. The summed E-state index contributed by atoms with van der Waals surface area (Å²) >= 11 is 0. The number of carbonyl (C=O) groups excluding carboxylic acids is 1. The molecule has 2 unspecified atom stereocenters. The maximum absolute atomic E-state index is 12.3. The van der Waals surface area contributed by atoms with Gasteiger partial charge in [0.05, 0.1) is 0 Å². The van der Waals surface area contributed by atoms with E-state index < -0.39 is 0 Å². The summed E-state index contributed by atoms with van der Waals surface area (Å²) in [6.45, 7) is 1.75. The Morgan fingerprint density at radius 1 is 1.06 bits per heavy atom. The van der Waals surface area contributed by atoms with Crippen molar-refractivity contribution < 1.29 is 4.79 Å². The molecule has 2 aliphatic carbocycles. The number of amides is 1. The molecule has 1 heterocycles. The molecule has 2 N–H and O–H groups in total. The van der Waals surface area contributed by atoms with E-state index in [1.807, 2.05) is 4.90 Å². The molecule has 1 aliphatic heterocycles. The third-order valence-electron chi connectivity index (χ3n) is 4.71. The molecule has 17 heavy (non-hydrogen) atoms. The largest absolute Gasteiger partial charge is 0.341 e. The maximum Gasteiger partial charge on any atom is 0.226 e. The Labute approximate surface area is 110 Å². The van der Waals surface area contributed by atoms with Crippen LogP contribution >= 0.6 is 12.4 Å². The molecule has 3 fully saturated rings. The van der Waals surface area contributed by atoms with Crippen molar-refractivity contribution >= 4 is 18.3 Å². The fraction of sp³-hybridized carbons (Fsp3) is 0.923. The highest BCUT2D eigenvalue weighted by molar-refractivity contribution is 5.85. The Morgan fingerprint density at radius 3 is 2.29 bits per heavy atom. The van der Waals surface area contributed by atoms with Crippen molar-refractivity contribution in [1.29, 1.82) is 0 Å². The van der Waals surface area contributed by atoms with Gasteiger partial charge in [-0.3, -0.25) is 4.79 Å². The molecular formula is C13H23ClN2O. The zero-order chi connectivity index (χ0) is 11.1. The first-order chi connectivity index (χ1) is 7.77.